The standard InChI is InChI=1S/C16H23N3O5S/c20-19(21)14-4-6-16(7-5-14)25(22,23)18-10-8-17(9-11-18)13-15-3-1-2-12-24-15/h4-7,15H,1-3,8-13H2/p+1/t15-/m0/s1. The van der Waals surface area contributed by atoms with Gasteiger partial charge in [0.15, 0.2) is 0 Å². The van der Waals surface area contributed by atoms with Crippen LogP contribution < -0.4 is 4.90 Å². The number of non-ortho nitro benzene ring substituents is 1. The molecule has 0 aromatic heterocycles. The number of nitrogens with one attached hydrogen (secondary N) is 1. The highest BCUT2D eigenvalue weighted by atomic mass is 32.2. The van der Waals surface area contributed by atoms with Crippen molar-refractivity contribution in [3.63, 3.8) is 0 Å². The van der Waals surface area contributed by atoms with Crippen LogP contribution in [0.25, 0.3) is 0 Å². The van der Waals surface area contributed by atoms with E-state index in [0.717, 1.165) is 39.1 Å². The van der Waals surface area contributed by atoms with Crippen LogP contribution in [-0.4, -0.2) is 63.1 Å². The lowest BCUT2D eigenvalue weighted by atomic mass is 10.1. The largest absolute Gasteiger partial charge is 0.372 e. The highest BCUT2D eigenvalue weighted by Gasteiger charge is 2.32. The van der Waals surface area contributed by atoms with Crippen LogP contribution in [0.2, 0.25) is 0 Å². The first-order valence-corrected chi connectivity index (χ1v) is 10.1. The van der Waals surface area contributed by atoms with E-state index in [2.05, 4.69) is 0 Å². The summed E-state index contributed by atoms with van der Waals surface area (Å²) in [4.78, 5) is 11.6. The lowest BCUT2D eigenvalue weighted by Crippen LogP contribution is -3.15. The number of nitro groups is 1. The summed E-state index contributed by atoms with van der Waals surface area (Å²) >= 11 is 0. The number of benzene rings is 1. The van der Waals surface area contributed by atoms with Gasteiger partial charge < -0.3 is 9.64 Å². The van der Waals surface area contributed by atoms with Gasteiger partial charge in [0.1, 0.15) is 12.6 Å². The molecule has 9 heteroatoms. The summed E-state index contributed by atoms with van der Waals surface area (Å²) in [6.45, 7) is 4.20. The average Bonchev–Trinajstić information content (AvgIpc) is 2.63. The molecule has 25 heavy (non-hydrogen) atoms. The minimum atomic E-state index is -3.59. The summed E-state index contributed by atoms with van der Waals surface area (Å²) in [5.74, 6) is 0. The molecule has 2 fully saturated rings. The van der Waals surface area contributed by atoms with Gasteiger partial charge in [-0.15, -0.1) is 0 Å². The van der Waals surface area contributed by atoms with Crippen LogP contribution in [0.15, 0.2) is 29.2 Å². The number of nitro benzene ring substituents is 1. The zero-order chi connectivity index (χ0) is 17.9. The summed E-state index contributed by atoms with van der Waals surface area (Å²) in [5.41, 5.74) is -0.110. The summed E-state index contributed by atoms with van der Waals surface area (Å²) in [7, 11) is -3.59. The molecule has 0 bridgehead atoms. The van der Waals surface area contributed by atoms with Gasteiger partial charge >= 0.3 is 0 Å². The van der Waals surface area contributed by atoms with Gasteiger partial charge in [0.05, 0.1) is 36.0 Å². The monoisotopic (exact) mass is 370 g/mol. The Kier molecular flexibility index (Phi) is 5.67. The topological polar surface area (TPSA) is 94.2 Å². The number of sulfonamides is 1. The smallest absolute Gasteiger partial charge is 0.269 e. The number of rotatable bonds is 5. The van der Waals surface area contributed by atoms with Crippen LogP contribution in [0.4, 0.5) is 5.69 Å². The van der Waals surface area contributed by atoms with Gasteiger partial charge in [-0.25, -0.2) is 8.42 Å². The number of hydrogen-bond donors (Lipinski definition) is 1. The Labute approximate surface area is 147 Å². The van der Waals surface area contributed by atoms with E-state index in [9.17, 15) is 18.5 Å². The molecule has 0 spiro atoms. The first kappa shape index (κ1) is 18.2. The van der Waals surface area contributed by atoms with Crippen LogP contribution in [0.1, 0.15) is 19.3 Å². The molecule has 1 atom stereocenters. The minimum Gasteiger partial charge on any atom is -0.372 e. The van der Waals surface area contributed by atoms with Crippen LogP contribution in [-0.2, 0) is 14.8 Å². The fourth-order valence-electron chi connectivity index (χ4n) is 3.43. The number of hydrogen-bond acceptors (Lipinski definition) is 5. The van der Waals surface area contributed by atoms with Gasteiger partial charge in [0.2, 0.25) is 10.0 Å². The molecule has 3 rings (SSSR count). The molecule has 1 aromatic rings. The Morgan fingerprint density at radius 2 is 1.88 bits per heavy atom. The van der Waals surface area contributed by atoms with E-state index >= 15 is 0 Å². The van der Waals surface area contributed by atoms with Gasteiger partial charge in [-0.3, -0.25) is 10.1 Å². The number of ether oxygens (including phenoxy) is 1. The first-order chi connectivity index (χ1) is 12.0. The number of quaternary nitrogens is 1. The van der Waals surface area contributed by atoms with E-state index in [1.807, 2.05) is 0 Å². The lowest BCUT2D eigenvalue weighted by Gasteiger charge is -2.34. The van der Waals surface area contributed by atoms with Gasteiger partial charge in [0.25, 0.3) is 5.69 Å². The predicted molar refractivity (Wildman–Crippen MR) is 91.0 cm³/mol. The van der Waals surface area contributed by atoms with Crippen LogP contribution >= 0.6 is 0 Å². The van der Waals surface area contributed by atoms with Crippen molar-refractivity contribution in [2.45, 2.75) is 30.3 Å². The summed E-state index contributed by atoms with van der Waals surface area (Å²) < 4.78 is 32.6. The summed E-state index contributed by atoms with van der Waals surface area (Å²) in [6, 6.07) is 5.08. The third kappa shape index (κ3) is 4.35. The Morgan fingerprint density at radius 1 is 1.20 bits per heavy atom. The zero-order valence-electron chi connectivity index (χ0n) is 14.1. The second-order valence-electron chi connectivity index (χ2n) is 6.60. The molecule has 1 N–H and O–H groups in total. The van der Waals surface area contributed by atoms with Gasteiger partial charge in [0, 0.05) is 18.7 Å². The quantitative estimate of drug-likeness (QED) is 0.584. The first-order valence-electron chi connectivity index (χ1n) is 8.66. The second-order valence-corrected chi connectivity index (χ2v) is 8.54. The Balaban J connectivity index is 1.58. The Morgan fingerprint density at radius 3 is 2.44 bits per heavy atom. The summed E-state index contributed by atoms with van der Waals surface area (Å²) in [6.07, 6.45) is 3.72. The Bertz CT molecular complexity index is 693. The maximum atomic E-state index is 12.7. The van der Waals surface area contributed by atoms with E-state index in [-0.39, 0.29) is 10.6 Å². The molecule has 0 unspecified atom stereocenters. The van der Waals surface area contributed by atoms with E-state index in [1.54, 1.807) is 0 Å². The average molecular weight is 370 g/mol. The normalized spacial score (nSPS) is 23.4. The van der Waals surface area contributed by atoms with Crippen LogP contribution in [0.3, 0.4) is 0 Å². The van der Waals surface area contributed by atoms with Crippen LogP contribution in [0.5, 0.6) is 0 Å². The van der Waals surface area contributed by atoms with Crippen molar-refractivity contribution in [2.75, 3.05) is 39.3 Å². The van der Waals surface area contributed by atoms with Crippen molar-refractivity contribution < 1.29 is 23.0 Å². The SMILES string of the molecule is O=[N+]([O-])c1ccc(S(=O)(=O)N2CC[NH+](C[C@@H]3CCCCO3)CC2)cc1. The molecule has 8 nitrogen and oxygen atoms in total. The molecule has 1 aromatic carbocycles. The van der Waals surface area contributed by atoms with Gasteiger partial charge in [-0.2, -0.15) is 4.31 Å². The molecule has 0 aliphatic carbocycles. The minimum absolute atomic E-state index is 0.108. The molecule has 2 heterocycles. The fraction of sp³-hybridized carbons (Fsp3) is 0.625. The summed E-state index contributed by atoms with van der Waals surface area (Å²) in [5, 5.41) is 10.7. The third-order valence-electron chi connectivity index (χ3n) is 4.91. The van der Waals surface area contributed by atoms with E-state index in [0.29, 0.717) is 19.2 Å². The van der Waals surface area contributed by atoms with Gasteiger partial charge in [-0.05, 0) is 31.4 Å². The zero-order valence-corrected chi connectivity index (χ0v) is 14.9. The Hall–Kier alpha value is -1.55. The fourth-order valence-corrected chi connectivity index (χ4v) is 4.87. The van der Waals surface area contributed by atoms with Gasteiger partial charge in [-0.1, -0.05) is 0 Å². The highest BCUT2D eigenvalue weighted by molar-refractivity contribution is 7.89. The predicted octanol–water partition coefficient (Wildman–Crippen LogP) is 0.0531. The highest BCUT2D eigenvalue weighted by Crippen LogP contribution is 2.19. The molecule has 0 amide bonds. The molecule has 0 radical (unpaired) electrons. The second kappa shape index (κ2) is 7.77. The van der Waals surface area contributed by atoms with E-state index in [1.165, 1.54) is 39.9 Å². The number of piperazine rings is 1. The molecule has 138 valence electrons. The van der Waals surface area contributed by atoms with Crippen molar-refractivity contribution in [3.05, 3.63) is 34.4 Å². The molecule has 2 aliphatic heterocycles. The van der Waals surface area contributed by atoms with E-state index in [4.69, 9.17) is 4.74 Å². The van der Waals surface area contributed by atoms with Crippen LogP contribution in [0, 0.1) is 10.1 Å². The van der Waals surface area contributed by atoms with Crippen molar-refractivity contribution >= 4 is 15.7 Å². The molecule has 2 aliphatic rings. The maximum absolute atomic E-state index is 12.7. The lowest BCUT2D eigenvalue weighted by molar-refractivity contribution is -0.907. The molecule has 0 saturated carbocycles. The third-order valence-corrected chi connectivity index (χ3v) is 6.82. The maximum Gasteiger partial charge on any atom is 0.269 e. The molecule has 2 saturated heterocycles. The molecular weight excluding hydrogens is 346 g/mol. The van der Waals surface area contributed by atoms with E-state index < -0.39 is 14.9 Å². The van der Waals surface area contributed by atoms with Crippen molar-refractivity contribution in [3.8, 4) is 0 Å². The van der Waals surface area contributed by atoms with Crippen molar-refractivity contribution in [2.24, 2.45) is 0 Å². The number of nitrogens with zero attached hydrogens (tertiary/aromatic N) is 2. The van der Waals surface area contributed by atoms with Crippen molar-refractivity contribution in [1.29, 1.82) is 0 Å². The van der Waals surface area contributed by atoms with Crippen molar-refractivity contribution in [1.82, 2.24) is 4.31 Å². The molecular formula is C16H24N3O5S+.